The minimum atomic E-state index is -0.0287. The number of aryl methyl sites for hydroxylation is 2. The van der Waals surface area contributed by atoms with Gasteiger partial charge in [-0.15, -0.1) is 0 Å². The highest BCUT2D eigenvalue weighted by Crippen LogP contribution is 2.21. The Morgan fingerprint density at radius 2 is 1.76 bits per heavy atom. The zero-order valence-electron chi connectivity index (χ0n) is 13.4. The summed E-state index contributed by atoms with van der Waals surface area (Å²) in [6, 6.07) is 10.8. The molecular formula is C18H25N3. The van der Waals surface area contributed by atoms with Gasteiger partial charge in [0.2, 0.25) is 0 Å². The third kappa shape index (κ3) is 3.88. The van der Waals surface area contributed by atoms with Crippen molar-refractivity contribution in [3.63, 3.8) is 0 Å². The van der Waals surface area contributed by atoms with Crippen molar-refractivity contribution in [1.82, 2.24) is 10.2 Å². The van der Waals surface area contributed by atoms with Crippen LogP contribution in [0, 0.1) is 6.92 Å². The van der Waals surface area contributed by atoms with E-state index in [0.29, 0.717) is 5.92 Å². The Kier molecular flexibility index (Phi) is 5.07. The standard InChI is InChI=1S/C18H25N3/c1-5-18-16(10-13(4)20-21-18)17(19)11-14-6-8-15(9-7-14)12(2)3/h6-10,12,17H,5,11,19H2,1-4H3. The number of nitrogens with two attached hydrogens (primary N) is 1. The number of hydrogen-bond acceptors (Lipinski definition) is 3. The van der Waals surface area contributed by atoms with Crippen molar-refractivity contribution in [3.05, 3.63) is 58.4 Å². The van der Waals surface area contributed by atoms with Gasteiger partial charge in [0.1, 0.15) is 0 Å². The second-order valence-electron chi connectivity index (χ2n) is 5.95. The fourth-order valence-electron chi connectivity index (χ4n) is 2.53. The number of aromatic nitrogens is 2. The van der Waals surface area contributed by atoms with Gasteiger partial charge in [0.25, 0.3) is 0 Å². The Balaban J connectivity index is 2.17. The van der Waals surface area contributed by atoms with E-state index in [1.807, 2.05) is 6.92 Å². The fraction of sp³-hybridized carbons (Fsp3) is 0.444. The first-order valence-electron chi connectivity index (χ1n) is 7.68. The van der Waals surface area contributed by atoms with E-state index in [1.54, 1.807) is 0 Å². The summed E-state index contributed by atoms with van der Waals surface area (Å²) in [5.74, 6) is 0.562. The second-order valence-corrected chi connectivity index (χ2v) is 5.95. The molecule has 0 saturated heterocycles. The van der Waals surface area contributed by atoms with Crippen molar-refractivity contribution < 1.29 is 0 Å². The lowest BCUT2D eigenvalue weighted by Gasteiger charge is -2.16. The Hall–Kier alpha value is -1.74. The molecule has 2 rings (SSSR count). The molecule has 0 spiro atoms. The van der Waals surface area contributed by atoms with Crippen molar-refractivity contribution >= 4 is 0 Å². The molecule has 2 aromatic rings. The van der Waals surface area contributed by atoms with E-state index >= 15 is 0 Å². The predicted molar refractivity (Wildman–Crippen MR) is 87.3 cm³/mol. The van der Waals surface area contributed by atoms with Crippen molar-refractivity contribution in [1.29, 1.82) is 0 Å². The second kappa shape index (κ2) is 6.81. The van der Waals surface area contributed by atoms with Gasteiger partial charge in [-0.25, -0.2) is 0 Å². The van der Waals surface area contributed by atoms with E-state index in [-0.39, 0.29) is 6.04 Å². The summed E-state index contributed by atoms with van der Waals surface area (Å²) in [5, 5.41) is 8.39. The molecule has 1 atom stereocenters. The lowest BCUT2D eigenvalue weighted by atomic mass is 9.95. The maximum atomic E-state index is 6.40. The maximum Gasteiger partial charge on any atom is 0.0676 e. The quantitative estimate of drug-likeness (QED) is 0.910. The molecule has 0 bridgehead atoms. The highest BCUT2D eigenvalue weighted by molar-refractivity contribution is 5.29. The van der Waals surface area contributed by atoms with E-state index in [1.165, 1.54) is 11.1 Å². The van der Waals surface area contributed by atoms with Crippen LogP contribution < -0.4 is 5.73 Å². The van der Waals surface area contributed by atoms with Crippen LogP contribution >= 0.6 is 0 Å². The molecule has 0 aliphatic heterocycles. The molecule has 1 heterocycles. The molecule has 3 nitrogen and oxygen atoms in total. The van der Waals surface area contributed by atoms with Gasteiger partial charge >= 0.3 is 0 Å². The topological polar surface area (TPSA) is 51.8 Å². The first kappa shape index (κ1) is 15.6. The molecule has 112 valence electrons. The van der Waals surface area contributed by atoms with E-state index in [2.05, 4.69) is 61.3 Å². The summed E-state index contributed by atoms with van der Waals surface area (Å²) in [5.41, 5.74) is 12.1. The number of hydrogen-bond donors (Lipinski definition) is 1. The molecule has 0 aliphatic carbocycles. The largest absolute Gasteiger partial charge is 0.324 e. The predicted octanol–water partition coefficient (Wildman–Crippen LogP) is 3.71. The average molecular weight is 283 g/mol. The zero-order chi connectivity index (χ0) is 15.4. The van der Waals surface area contributed by atoms with Crippen molar-refractivity contribution in [2.24, 2.45) is 5.73 Å². The van der Waals surface area contributed by atoms with Crippen LogP contribution in [0.15, 0.2) is 30.3 Å². The molecule has 0 amide bonds. The van der Waals surface area contributed by atoms with Crippen LogP contribution in [0.5, 0.6) is 0 Å². The van der Waals surface area contributed by atoms with Gasteiger partial charge in [0.15, 0.2) is 0 Å². The SMILES string of the molecule is CCc1nnc(C)cc1C(N)Cc1ccc(C(C)C)cc1. The first-order chi connectivity index (χ1) is 10.0. The monoisotopic (exact) mass is 283 g/mol. The third-order valence-electron chi connectivity index (χ3n) is 3.86. The summed E-state index contributed by atoms with van der Waals surface area (Å²) in [6.45, 7) is 8.46. The van der Waals surface area contributed by atoms with Crippen molar-refractivity contribution in [2.45, 2.75) is 52.5 Å². The van der Waals surface area contributed by atoms with Gasteiger partial charge in [-0.3, -0.25) is 0 Å². The molecule has 1 aromatic carbocycles. The first-order valence-corrected chi connectivity index (χ1v) is 7.68. The Bertz CT molecular complexity index is 588. The lowest BCUT2D eigenvalue weighted by molar-refractivity contribution is 0.691. The van der Waals surface area contributed by atoms with Crippen LogP contribution in [0.2, 0.25) is 0 Å². The summed E-state index contributed by atoms with van der Waals surface area (Å²) in [6.07, 6.45) is 1.69. The average Bonchev–Trinajstić information content (AvgIpc) is 2.47. The molecule has 0 fully saturated rings. The summed E-state index contributed by atoms with van der Waals surface area (Å²) in [7, 11) is 0. The Morgan fingerprint density at radius 1 is 1.10 bits per heavy atom. The number of nitrogens with zero attached hydrogens (tertiary/aromatic N) is 2. The van der Waals surface area contributed by atoms with Gasteiger partial charge in [-0.05, 0) is 48.4 Å². The van der Waals surface area contributed by atoms with E-state index in [4.69, 9.17) is 5.73 Å². The van der Waals surface area contributed by atoms with Crippen LogP contribution in [0.3, 0.4) is 0 Å². The van der Waals surface area contributed by atoms with Crippen molar-refractivity contribution in [3.8, 4) is 0 Å². The van der Waals surface area contributed by atoms with Gasteiger partial charge in [-0.2, -0.15) is 10.2 Å². The van der Waals surface area contributed by atoms with Crippen LogP contribution in [0.4, 0.5) is 0 Å². The van der Waals surface area contributed by atoms with Gasteiger partial charge in [-0.1, -0.05) is 45.0 Å². The summed E-state index contributed by atoms with van der Waals surface area (Å²) < 4.78 is 0. The molecule has 1 unspecified atom stereocenters. The third-order valence-corrected chi connectivity index (χ3v) is 3.86. The molecular weight excluding hydrogens is 258 g/mol. The minimum absolute atomic E-state index is 0.0287. The van der Waals surface area contributed by atoms with Crippen LogP contribution in [0.1, 0.15) is 60.8 Å². The Morgan fingerprint density at radius 3 is 2.33 bits per heavy atom. The highest BCUT2D eigenvalue weighted by atomic mass is 15.1. The summed E-state index contributed by atoms with van der Waals surface area (Å²) >= 11 is 0. The molecule has 0 aliphatic rings. The zero-order valence-corrected chi connectivity index (χ0v) is 13.4. The fourth-order valence-corrected chi connectivity index (χ4v) is 2.53. The molecule has 0 saturated carbocycles. The normalized spacial score (nSPS) is 12.7. The van der Waals surface area contributed by atoms with Gasteiger partial charge < -0.3 is 5.73 Å². The highest BCUT2D eigenvalue weighted by Gasteiger charge is 2.13. The van der Waals surface area contributed by atoms with E-state index in [9.17, 15) is 0 Å². The van der Waals surface area contributed by atoms with E-state index in [0.717, 1.165) is 29.8 Å². The molecule has 21 heavy (non-hydrogen) atoms. The minimum Gasteiger partial charge on any atom is -0.324 e. The van der Waals surface area contributed by atoms with Gasteiger partial charge in [0.05, 0.1) is 11.4 Å². The van der Waals surface area contributed by atoms with Crippen molar-refractivity contribution in [2.75, 3.05) is 0 Å². The molecule has 1 aromatic heterocycles. The van der Waals surface area contributed by atoms with Crippen LogP contribution in [0.25, 0.3) is 0 Å². The lowest BCUT2D eigenvalue weighted by Crippen LogP contribution is -2.17. The smallest absolute Gasteiger partial charge is 0.0676 e. The summed E-state index contributed by atoms with van der Waals surface area (Å²) in [4.78, 5) is 0. The Labute approximate surface area is 127 Å². The number of benzene rings is 1. The van der Waals surface area contributed by atoms with E-state index < -0.39 is 0 Å². The molecule has 3 heteroatoms. The maximum absolute atomic E-state index is 6.40. The van der Waals surface area contributed by atoms with Crippen LogP contribution in [-0.2, 0) is 12.8 Å². The van der Waals surface area contributed by atoms with Gasteiger partial charge in [0, 0.05) is 6.04 Å². The molecule has 2 N–H and O–H groups in total. The van der Waals surface area contributed by atoms with Crippen LogP contribution in [-0.4, -0.2) is 10.2 Å². The molecule has 0 radical (unpaired) electrons. The number of rotatable bonds is 5.